The average Bonchev–Trinajstić information content (AvgIpc) is 3.33. The van der Waals surface area contributed by atoms with Gasteiger partial charge < -0.3 is 16.0 Å². The summed E-state index contributed by atoms with van der Waals surface area (Å²) < 4.78 is 1.93. The Morgan fingerprint density at radius 1 is 1.19 bits per heavy atom. The second-order valence-corrected chi connectivity index (χ2v) is 6.87. The van der Waals surface area contributed by atoms with Crippen LogP contribution in [0.15, 0.2) is 29.4 Å². The number of hydrogen-bond donors (Lipinski definition) is 3. The first-order valence-electron chi connectivity index (χ1n) is 9.83. The highest BCUT2D eigenvalue weighted by Gasteiger charge is 2.17. The van der Waals surface area contributed by atoms with Crippen molar-refractivity contribution in [3.63, 3.8) is 0 Å². The van der Waals surface area contributed by atoms with Crippen molar-refractivity contribution < 1.29 is 4.79 Å². The summed E-state index contributed by atoms with van der Waals surface area (Å²) in [4.78, 5) is 16.5. The molecule has 0 unspecified atom stereocenters. The third kappa shape index (κ3) is 5.67. The molecule has 0 bridgehead atoms. The molecule has 0 radical (unpaired) electrons. The van der Waals surface area contributed by atoms with Crippen LogP contribution in [0.25, 0.3) is 5.65 Å². The van der Waals surface area contributed by atoms with E-state index in [0.717, 1.165) is 18.0 Å². The van der Waals surface area contributed by atoms with Gasteiger partial charge in [-0.1, -0.05) is 18.9 Å². The van der Waals surface area contributed by atoms with Crippen molar-refractivity contribution in [3.05, 3.63) is 30.2 Å². The van der Waals surface area contributed by atoms with Crippen LogP contribution in [0, 0.1) is 5.92 Å². The van der Waals surface area contributed by atoms with E-state index in [9.17, 15) is 4.79 Å². The Morgan fingerprint density at radius 3 is 2.81 bits per heavy atom. The molecular weight excluding hydrogens is 342 g/mol. The standard InChI is InChI=1S/C19H29N7O/c1-2-20-19(22-11-10-21-18(27)13-15-7-3-4-8-15)23-14-17-25-24-16-9-5-6-12-26(16)17/h5-6,9,12,15H,2-4,7-8,10-11,13-14H2,1H3,(H,21,27)(H2,20,22,23). The molecule has 2 heterocycles. The van der Waals surface area contributed by atoms with Gasteiger partial charge in [-0.2, -0.15) is 0 Å². The van der Waals surface area contributed by atoms with Crippen molar-refractivity contribution in [1.82, 2.24) is 30.5 Å². The van der Waals surface area contributed by atoms with E-state index in [2.05, 4.69) is 31.1 Å². The highest BCUT2D eigenvalue weighted by Crippen LogP contribution is 2.27. The quantitative estimate of drug-likeness (QED) is 0.371. The monoisotopic (exact) mass is 371 g/mol. The Hall–Kier alpha value is -2.64. The smallest absolute Gasteiger partial charge is 0.220 e. The van der Waals surface area contributed by atoms with Crippen LogP contribution in [-0.4, -0.2) is 46.1 Å². The molecule has 8 heteroatoms. The largest absolute Gasteiger partial charge is 0.357 e. The number of amides is 1. The zero-order valence-corrected chi connectivity index (χ0v) is 15.9. The zero-order chi connectivity index (χ0) is 18.9. The van der Waals surface area contributed by atoms with Crippen molar-refractivity contribution in [2.75, 3.05) is 19.6 Å². The minimum Gasteiger partial charge on any atom is -0.357 e. The number of rotatable bonds is 8. The second-order valence-electron chi connectivity index (χ2n) is 6.87. The van der Waals surface area contributed by atoms with Crippen LogP contribution in [-0.2, 0) is 11.3 Å². The Morgan fingerprint density at radius 2 is 2.00 bits per heavy atom. The van der Waals surface area contributed by atoms with Gasteiger partial charge in [-0.25, -0.2) is 4.99 Å². The van der Waals surface area contributed by atoms with Crippen LogP contribution in [0.3, 0.4) is 0 Å². The Balaban J connectivity index is 1.44. The molecule has 3 rings (SSSR count). The molecule has 1 aliphatic carbocycles. The summed E-state index contributed by atoms with van der Waals surface area (Å²) >= 11 is 0. The fraction of sp³-hybridized carbons (Fsp3) is 0.579. The molecule has 0 aromatic carbocycles. The van der Waals surface area contributed by atoms with E-state index in [0.29, 0.717) is 37.9 Å². The lowest BCUT2D eigenvalue weighted by Gasteiger charge is -2.13. The average molecular weight is 371 g/mol. The molecule has 27 heavy (non-hydrogen) atoms. The molecule has 146 valence electrons. The first-order chi connectivity index (χ1) is 13.3. The number of carbonyl (C=O) groups excluding carboxylic acids is 1. The Kier molecular flexibility index (Phi) is 7.01. The van der Waals surface area contributed by atoms with Crippen LogP contribution in [0.4, 0.5) is 0 Å². The Bertz CT molecular complexity index is 764. The van der Waals surface area contributed by atoms with E-state index in [1.807, 2.05) is 35.7 Å². The fourth-order valence-electron chi connectivity index (χ4n) is 3.42. The molecule has 2 aromatic rings. The molecule has 1 aliphatic rings. The molecule has 2 aromatic heterocycles. The van der Waals surface area contributed by atoms with Gasteiger partial charge in [0.15, 0.2) is 17.4 Å². The van der Waals surface area contributed by atoms with Gasteiger partial charge in [-0.3, -0.25) is 9.20 Å². The molecule has 0 saturated heterocycles. The first kappa shape index (κ1) is 19.1. The van der Waals surface area contributed by atoms with Gasteiger partial charge in [-0.05, 0) is 37.8 Å². The predicted octanol–water partition coefficient (Wildman–Crippen LogP) is 1.48. The number of carbonyl (C=O) groups is 1. The van der Waals surface area contributed by atoms with Crippen LogP contribution in [0.1, 0.15) is 44.9 Å². The van der Waals surface area contributed by atoms with Gasteiger partial charge in [0.2, 0.25) is 5.91 Å². The Labute approximate surface area is 159 Å². The third-order valence-electron chi connectivity index (χ3n) is 4.80. The molecule has 0 aliphatic heterocycles. The van der Waals surface area contributed by atoms with E-state index in [-0.39, 0.29) is 5.91 Å². The topological polar surface area (TPSA) is 95.7 Å². The summed E-state index contributed by atoms with van der Waals surface area (Å²) in [5, 5.41) is 17.8. The SMILES string of the molecule is CCNC(=NCc1nnc2ccccn12)NCCNC(=O)CC1CCCC1. The molecule has 8 nitrogen and oxygen atoms in total. The summed E-state index contributed by atoms with van der Waals surface area (Å²) in [6.45, 7) is 4.43. The van der Waals surface area contributed by atoms with Crippen molar-refractivity contribution >= 4 is 17.5 Å². The number of fused-ring (bicyclic) bond motifs is 1. The number of guanidine groups is 1. The van der Waals surface area contributed by atoms with Crippen molar-refractivity contribution in [2.24, 2.45) is 10.9 Å². The number of aromatic nitrogens is 3. The van der Waals surface area contributed by atoms with Crippen LogP contribution in [0.2, 0.25) is 0 Å². The highest BCUT2D eigenvalue weighted by molar-refractivity contribution is 5.80. The van der Waals surface area contributed by atoms with E-state index < -0.39 is 0 Å². The van der Waals surface area contributed by atoms with Crippen LogP contribution >= 0.6 is 0 Å². The molecule has 0 atom stereocenters. The molecule has 1 saturated carbocycles. The normalized spacial score (nSPS) is 15.2. The molecule has 1 fully saturated rings. The van der Waals surface area contributed by atoms with Crippen molar-refractivity contribution in [3.8, 4) is 0 Å². The number of nitrogens with zero attached hydrogens (tertiary/aromatic N) is 4. The summed E-state index contributed by atoms with van der Waals surface area (Å²) in [6.07, 6.45) is 7.52. The fourth-order valence-corrected chi connectivity index (χ4v) is 3.42. The number of pyridine rings is 1. The maximum absolute atomic E-state index is 12.0. The first-order valence-corrected chi connectivity index (χ1v) is 9.83. The number of nitrogens with one attached hydrogen (secondary N) is 3. The lowest BCUT2D eigenvalue weighted by Crippen LogP contribution is -2.41. The maximum Gasteiger partial charge on any atom is 0.220 e. The molecule has 3 N–H and O–H groups in total. The predicted molar refractivity (Wildman–Crippen MR) is 105 cm³/mol. The van der Waals surface area contributed by atoms with E-state index in [1.54, 1.807) is 0 Å². The maximum atomic E-state index is 12.0. The van der Waals surface area contributed by atoms with Crippen LogP contribution in [0.5, 0.6) is 0 Å². The lowest BCUT2D eigenvalue weighted by molar-refractivity contribution is -0.121. The lowest BCUT2D eigenvalue weighted by atomic mass is 10.0. The van der Waals surface area contributed by atoms with Gasteiger partial charge in [0, 0.05) is 32.3 Å². The van der Waals surface area contributed by atoms with E-state index in [1.165, 1.54) is 25.7 Å². The minimum absolute atomic E-state index is 0.153. The minimum atomic E-state index is 0.153. The third-order valence-corrected chi connectivity index (χ3v) is 4.80. The summed E-state index contributed by atoms with van der Waals surface area (Å²) in [6, 6.07) is 5.79. The van der Waals surface area contributed by atoms with E-state index in [4.69, 9.17) is 0 Å². The van der Waals surface area contributed by atoms with Gasteiger partial charge in [0.05, 0.1) is 0 Å². The van der Waals surface area contributed by atoms with Gasteiger partial charge in [0.1, 0.15) is 6.54 Å². The summed E-state index contributed by atoms with van der Waals surface area (Å²) in [5.74, 6) is 2.22. The molecule has 0 spiro atoms. The van der Waals surface area contributed by atoms with E-state index >= 15 is 0 Å². The number of aliphatic imine (C=N–C) groups is 1. The number of hydrogen-bond acceptors (Lipinski definition) is 4. The van der Waals surface area contributed by atoms with Crippen LogP contribution < -0.4 is 16.0 Å². The second kappa shape index (κ2) is 9.89. The summed E-state index contributed by atoms with van der Waals surface area (Å²) in [5.41, 5.74) is 0.811. The molecular formula is C19H29N7O. The van der Waals surface area contributed by atoms with Crippen molar-refractivity contribution in [2.45, 2.75) is 45.6 Å². The van der Waals surface area contributed by atoms with Gasteiger partial charge in [-0.15, -0.1) is 10.2 Å². The van der Waals surface area contributed by atoms with Gasteiger partial charge in [0.25, 0.3) is 0 Å². The van der Waals surface area contributed by atoms with Crippen molar-refractivity contribution in [1.29, 1.82) is 0 Å². The zero-order valence-electron chi connectivity index (χ0n) is 15.9. The summed E-state index contributed by atoms with van der Waals surface area (Å²) in [7, 11) is 0. The van der Waals surface area contributed by atoms with Gasteiger partial charge >= 0.3 is 0 Å². The highest BCUT2D eigenvalue weighted by atomic mass is 16.1. The molecule has 1 amide bonds.